The average molecular weight is 324 g/mol. The summed E-state index contributed by atoms with van der Waals surface area (Å²) in [6.45, 7) is 4.63. The molecule has 1 aromatic rings. The lowest BCUT2D eigenvalue weighted by molar-refractivity contribution is -0.389. The lowest BCUT2D eigenvalue weighted by atomic mass is 9.90. The SMILES string of the molecule is Cc1nc([N+](=O)[O-])cn1CCC(=O)N1CC(C)CC(C(=O)O)C1. The Balaban J connectivity index is 1.96. The number of imidazole rings is 1. The molecule has 23 heavy (non-hydrogen) atoms. The van der Waals surface area contributed by atoms with Crippen molar-refractivity contribution in [2.24, 2.45) is 11.8 Å². The second-order valence-corrected chi connectivity index (χ2v) is 6.02. The lowest BCUT2D eigenvalue weighted by Gasteiger charge is -2.34. The highest BCUT2D eigenvalue weighted by Crippen LogP contribution is 2.22. The molecule has 126 valence electrons. The van der Waals surface area contributed by atoms with E-state index in [2.05, 4.69) is 4.98 Å². The first-order valence-electron chi connectivity index (χ1n) is 7.46. The van der Waals surface area contributed by atoms with E-state index in [0.29, 0.717) is 18.8 Å². The van der Waals surface area contributed by atoms with Crippen molar-refractivity contribution in [1.82, 2.24) is 14.5 Å². The minimum atomic E-state index is -0.879. The number of carbonyl (C=O) groups is 2. The van der Waals surface area contributed by atoms with Gasteiger partial charge in [0.25, 0.3) is 0 Å². The maximum Gasteiger partial charge on any atom is 0.381 e. The smallest absolute Gasteiger partial charge is 0.381 e. The van der Waals surface area contributed by atoms with Crippen LogP contribution >= 0.6 is 0 Å². The number of carboxylic acid groups (broad SMARTS) is 1. The number of nitro groups is 1. The number of carbonyl (C=O) groups excluding carboxylic acids is 1. The predicted molar refractivity (Wildman–Crippen MR) is 79.7 cm³/mol. The molecule has 1 aliphatic rings. The molecule has 0 aliphatic carbocycles. The number of hydrogen-bond acceptors (Lipinski definition) is 5. The fourth-order valence-corrected chi connectivity index (χ4v) is 2.91. The summed E-state index contributed by atoms with van der Waals surface area (Å²) in [5.41, 5.74) is 0. The summed E-state index contributed by atoms with van der Waals surface area (Å²) in [4.78, 5) is 38.9. The number of amides is 1. The molecule has 2 unspecified atom stereocenters. The molecular weight excluding hydrogens is 304 g/mol. The number of carboxylic acids is 1. The molecule has 0 bridgehead atoms. The quantitative estimate of drug-likeness (QED) is 0.639. The topological polar surface area (TPSA) is 119 Å². The minimum absolute atomic E-state index is 0.140. The van der Waals surface area contributed by atoms with E-state index in [1.807, 2.05) is 6.92 Å². The van der Waals surface area contributed by atoms with E-state index in [1.54, 1.807) is 16.4 Å². The van der Waals surface area contributed by atoms with Gasteiger partial charge in [-0.05, 0) is 22.2 Å². The number of likely N-dealkylation sites (tertiary alicyclic amines) is 1. The summed E-state index contributed by atoms with van der Waals surface area (Å²) in [5.74, 6) is -1.18. The molecular formula is C14H20N4O5. The molecule has 2 atom stereocenters. The Hall–Kier alpha value is -2.45. The Morgan fingerprint density at radius 1 is 1.48 bits per heavy atom. The van der Waals surface area contributed by atoms with Gasteiger partial charge in [0.15, 0.2) is 0 Å². The van der Waals surface area contributed by atoms with Crippen LogP contribution in [-0.4, -0.2) is 49.4 Å². The second-order valence-electron chi connectivity index (χ2n) is 6.02. The molecule has 1 N–H and O–H groups in total. The third-order valence-corrected chi connectivity index (χ3v) is 4.08. The summed E-state index contributed by atoms with van der Waals surface area (Å²) in [6.07, 6.45) is 2.04. The standard InChI is InChI=1S/C14H20N4O5/c1-9-5-11(14(20)21)7-17(6-9)13(19)3-4-16-8-12(18(22)23)15-10(16)2/h8-9,11H,3-7H2,1-2H3,(H,20,21). The van der Waals surface area contributed by atoms with Crippen LogP contribution in [0.15, 0.2) is 6.20 Å². The van der Waals surface area contributed by atoms with Crippen molar-refractivity contribution < 1.29 is 19.6 Å². The van der Waals surface area contributed by atoms with Gasteiger partial charge in [0.05, 0.1) is 5.92 Å². The summed E-state index contributed by atoms with van der Waals surface area (Å²) in [6, 6.07) is 0. The van der Waals surface area contributed by atoms with E-state index in [1.165, 1.54) is 6.20 Å². The molecule has 1 amide bonds. The molecule has 1 fully saturated rings. The van der Waals surface area contributed by atoms with Crippen molar-refractivity contribution in [3.05, 3.63) is 22.1 Å². The highest BCUT2D eigenvalue weighted by Gasteiger charge is 2.31. The van der Waals surface area contributed by atoms with Crippen LogP contribution in [0.5, 0.6) is 0 Å². The molecule has 9 nitrogen and oxygen atoms in total. The number of piperidine rings is 1. The third kappa shape index (κ3) is 4.05. The Bertz CT molecular complexity index is 627. The zero-order valence-electron chi connectivity index (χ0n) is 13.1. The Morgan fingerprint density at radius 2 is 2.17 bits per heavy atom. The van der Waals surface area contributed by atoms with E-state index >= 15 is 0 Å². The van der Waals surface area contributed by atoms with Crippen molar-refractivity contribution in [1.29, 1.82) is 0 Å². The summed E-state index contributed by atoms with van der Waals surface area (Å²) >= 11 is 0. The van der Waals surface area contributed by atoms with Crippen LogP contribution in [0.4, 0.5) is 5.82 Å². The molecule has 0 saturated carbocycles. The fraction of sp³-hybridized carbons (Fsp3) is 0.643. The van der Waals surface area contributed by atoms with Crippen LogP contribution < -0.4 is 0 Å². The van der Waals surface area contributed by atoms with Crippen LogP contribution in [-0.2, 0) is 16.1 Å². The number of hydrogen-bond donors (Lipinski definition) is 1. The van der Waals surface area contributed by atoms with Crippen LogP contribution in [0.2, 0.25) is 0 Å². The summed E-state index contributed by atoms with van der Waals surface area (Å²) < 4.78 is 1.57. The number of nitrogens with zero attached hydrogens (tertiary/aromatic N) is 4. The highest BCUT2D eigenvalue weighted by atomic mass is 16.6. The van der Waals surface area contributed by atoms with Gasteiger partial charge in [-0.3, -0.25) is 9.59 Å². The van der Waals surface area contributed by atoms with E-state index in [4.69, 9.17) is 5.11 Å². The van der Waals surface area contributed by atoms with Crippen LogP contribution in [0.25, 0.3) is 0 Å². The Kier molecular flexibility index (Phi) is 4.97. The molecule has 1 saturated heterocycles. The molecule has 1 aliphatic heterocycles. The largest absolute Gasteiger partial charge is 0.481 e. The number of aryl methyl sites for hydroxylation is 2. The first-order chi connectivity index (χ1) is 10.8. The predicted octanol–water partition coefficient (Wildman–Crippen LogP) is 1.06. The van der Waals surface area contributed by atoms with Gasteiger partial charge in [-0.25, -0.2) is 0 Å². The fourth-order valence-electron chi connectivity index (χ4n) is 2.91. The van der Waals surface area contributed by atoms with E-state index in [9.17, 15) is 19.7 Å². The normalized spacial score (nSPS) is 21.2. The summed E-state index contributed by atoms with van der Waals surface area (Å²) in [7, 11) is 0. The molecule has 1 aromatic heterocycles. The molecule has 2 rings (SSSR count). The zero-order valence-corrected chi connectivity index (χ0v) is 13.1. The minimum Gasteiger partial charge on any atom is -0.481 e. The van der Waals surface area contributed by atoms with Gasteiger partial charge in [0.2, 0.25) is 11.7 Å². The number of aromatic nitrogens is 2. The number of aliphatic carboxylic acids is 1. The van der Waals surface area contributed by atoms with Crippen molar-refractivity contribution in [2.75, 3.05) is 13.1 Å². The van der Waals surface area contributed by atoms with Gasteiger partial charge in [-0.2, -0.15) is 0 Å². The van der Waals surface area contributed by atoms with Gasteiger partial charge in [-0.15, -0.1) is 0 Å². The van der Waals surface area contributed by atoms with Crippen molar-refractivity contribution in [2.45, 2.75) is 33.2 Å². The molecule has 0 radical (unpaired) electrons. The van der Waals surface area contributed by atoms with Crippen LogP contribution in [0.3, 0.4) is 0 Å². The van der Waals surface area contributed by atoms with Gasteiger partial charge in [-0.1, -0.05) is 6.92 Å². The van der Waals surface area contributed by atoms with Crippen LogP contribution in [0.1, 0.15) is 25.6 Å². The van der Waals surface area contributed by atoms with Crippen molar-refractivity contribution in [3.63, 3.8) is 0 Å². The first-order valence-corrected chi connectivity index (χ1v) is 7.46. The molecule has 0 spiro atoms. The van der Waals surface area contributed by atoms with E-state index < -0.39 is 16.8 Å². The maximum atomic E-state index is 12.3. The lowest BCUT2D eigenvalue weighted by Crippen LogP contribution is -2.45. The Morgan fingerprint density at radius 3 is 2.74 bits per heavy atom. The summed E-state index contributed by atoms with van der Waals surface area (Å²) in [5, 5.41) is 19.8. The zero-order chi connectivity index (χ0) is 17.1. The van der Waals surface area contributed by atoms with E-state index in [0.717, 1.165) is 0 Å². The van der Waals surface area contributed by atoms with Gasteiger partial charge < -0.3 is 24.7 Å². The second kappa shape index (κ2) is 6.76. The molecule has 2 heterocycles. The first kappa shape index (κ1) is 16.9. The molecule has 0 aromatic carbocycles. The average Bonchev–Trinajstić information content (AvgIpc) is 2.85. The van der Waals surface area contributed by atoms with Crippen molar-refractivity contribution in [3.8, 4) is 0 Å². The Labute approximate surface area is 133 Å². The molecule has 9 heteroatoms. The highest BCUT2D eigenvalue weighted by molar-refractivity contribution is 5.78. The van der Waals surface area contributed by atoms with Crippen molar-refractivity contribution >= 4 is 17.7 Å². The van der Waals surface area contributed by atoms with Gasteiger partial charge >= 0.3 is 11.8 Å². The maximum absolute atomic E-state index is 12.3. The number of rotatable bonds is 5. The monoisotopic (exact) mass is 324 g/mol. The third-order valence-electron chi connectivity index (χ3n) is 4.08. The van der Waals surface area contributed by atoms with E-state index in [-0.39, 0.29) is 37.2 Å². The van der Waals surface area contributed by atoms with Gasteiger partial charge in [0.1, 0.15) is 6.20 Å². The van der Waals surface area contributed by atoms with Crippen LogP contribution in [0, 0.1) is 28.9 Å². The van der Waals surface area contributed by atoms with Gasteiger partial charge in [0, 0.05) is 33.0 Å².